The van der Waals surface area contributed by atoms with Crippen molar-refractivity contribution in [2.24, 2.45) is 0 Å². The van der Waals surface area contributed by atoms with Gasteiger partial charge in [0, 0.05) is 90.7 Å². The maximum atomic E-state index is 14.4. The van der Waals surface area contributed by atoms with E-state index in [0.29, 0.717) is 55.0 Å². The molecule has 2 N–H and O–H groups in total. The Kier molecular flexibility index (Phi) is 9.69. The van der Waals surface area contributed by atoms with E-state index >= 15 is 0 Å². The first kappa shape index (κ1) is 33.6. The van der Waals surface area contributed by atoms with Crippen molar-refractivity contribution >= 4 is 38.4 Å². The molecule has 0 amide bonds. The molecule has 49 heavy (non-hydrogen) atoms. The average molecular weight is 686 g/mol. The zero-order valence-electron chi connectivity index (χ0n) is 28.7. The number of nitrogens with one attached hydrogen (secondary N) is 2. The lowest BCUT2D eigenvalue weighted by Gasteiger charge is -2.33. The smallest absolute Gasteiger partial charge is 0.260 e. The molecule has 0 radical (unpaired) electrons. The summed E-state index contributed by atoms with van der Waals surface area (Å²) in [5, 5.41) is 7.51. The Morgan fingerprint density at radius 3 is 2.37 bits per heavy atom. The average Bonchev–Trinajstić information content (AvgIpc) is 3.12. The summed E-state index contributed by atoms with van der Waals surface area (Å²) >= 11 is 0. The van der Waals surface area contributed by atoms with E-state index in [1.54, 1.807) is 10.8 Å². The van der Waals surface area contributed by atoms with Gasteiger partial charge < -0.3 is 20.4 Å². The summed E-state index contributed by atoms with van der Waals surface area (Å²) in [7, 11) is 0.982. The molecule has 13 heteroatoms. The molecule has 7 rings (SSSR count). The molecule has 0 spiro atoms. The van der Waals surface area contributed by atoms with Crippen LogP contribution in [0.2, 0.25) is 0 Å². The van der Waals surface area contributed by atoms with Crippen molar-refractivity contribution in [3.05, 3.63) is 70.9 Å². The summed E-state index contributed by atoms with van der Waals surface area (Å²) < 4.78 is 27.8. The number of pyridine rings is 2. The van der Waals surface area contributed by atoms with Crippen molar-refractivity contribution in [3.63, 3.8) is 0 Å². The molecule has 3 aliphatic heterocycles. The van der Waals surface area contributed by atoms with E-state index in [1.807, 2.05) is 30.5 Å². The minimum atomic E-state index is -3.32. The molecule has 4 aromatic rings. The van der Waals surface area contributed by atoms with Gasteiger partial charge in [-0.1, -0.05) is 6.07 Å². The van der Waals surface area contributed by atoms with E-state index in [1.165, 1.54) is 10.6 Å². The molecule has 1 aromatic carbocycles. The Morgan fingerprint density at radius 1 is 0.939 bits per heavy atom. The molecule has 12 nitrogen and oxygen atoms in total. The van der Waals surface area contributed by atoms with Crippen molar-refractivity contribution in [1.82, 2.24) is 34.0 Å². The number of likely N-dealkylation sites (tertiary alicyclic amines) is 1. The number of aromatic nitrogens is 4. The van der Waals surface area contributed by atoms with E-state index in [2.05, 4.69) is 57.7 Å². The lowest BCUT2D eigenvalue weighted by molar-refractivity contribution is 0.248. The molecule has 260 valence electrons. The van der Waals surface area contributed by atoms with Gasteiger partial charge in [-0.3, -0.25) is 14.3 Å². The van der Waals surface area contributed by atoms with Gasteiger partial charge in [-0.15, -0.1) is 0 Å². The van der Waals surface area contributed by atoms with Crippen molar-refractivity contribution in [3.8, 4) is 11.1 Å². The van der Waals surface area contributed by atoms with E-state index in [-0.39, 0.29) is 11.6 Å². The lowest BCUT2D eigenvalue weighted by atomic mass is 9.94. The van der Waals surface area contributed by atoms with Crippen LogP contribution < -0.4 is 21.1 Å². The van der Waals surface area contributed by atoms with E-state index in [9.17, 15) is 13.2 Å². The zero-order chi connectivity index (χ0) is 34.1. The molecule has 6 heterocycles. The fourth-order valence-electron chi connectivity index (χ4n) is 7.69. The molecule has 1 unspecified atom stereocenters. The number of sulfonamides is 1. The molecular weight excluding hydrogens is 639 g/mol. The molecule has 3 saturated heterocycles. The molecule has 3 fully saturated rings. The second-order valence-corrected chi connectivity index (χ2v) is 15.9. The third kappa shape index (κ3) is 7.35. The summed E-state index contributed by atoms with van der Waals surface area (Å²) in [5.41, 5.74) is 4.72. The minimum absolute atomic E-state index is 0.160. The van der Waals surface area contributed by atoms with Gasteiger partial charge in [0.15, 0.2) is 0 Å². The van der Waals surface area contributed by atoms with Gasteiger partial charge in [0.1, 0.15) is 5.65 Å². The summed E-state index contributed by atoms with van der Waals surface area (Å²) in [6.07, 6.45) is 10.3. The summed E-state index contributed by atoms with van der Waals surface area (Å²) in [6.45, 7) is 4.87. The van der Waals surface area contributed by atoms with Crippen molar-refractivity contribution in [2.45, 2.75) is 56.5 Å². The van der Waals surface area contributed by atoms with Crippen LogP contribution in [0.1, 0.15) is 56.2 Å². The van der Waals surface area contributed by atoms with Gasteiger partial charge in [-0.25, -0.2) is 17.7 Å². The highest BCUT2D eigenvalue weighted by molar-refractivity contribution is 7.88. The molecule has 3 aliphatic rings. The van der Waals surface area contributed by atoms with Crippen LogP contribution in [0.5, 0.6) is 0 Å². The van der Waals surface area contributed by atoms with Crippen LogP contribution in [0.3, 0.4) is 0 Å². The first-order chi connectivity index (χ1) is 23.6. The number of hydrogen-bond donors (Lipinski definition) is 2. The minimum Gasteiger partial charge on any atom is -0.372 e. The largest absolute Gasteiger partial charge is 0.372 e. The normalized spacial score (nSPS) is 20.4. The van der Waals surface area contributed by atoms with Crippen LogP contribution >= 0.6 is 0 Å². The van der Waals surface area contributed by atoms with Crippen molar-refractivity contribution in [2.75, 3.05) is 69.8 Å². The number of likely N-dealkylation sites (N-methyl/N-ethyl adjacent to an activating group) is 1. The Bertz CT molecular complexity index is 1940. The van der Waals surface area contributed by atoms with Crippen LogP contribution in [0.15, 0.2) is 59.7 Å². The molecular formula is C36H47N9O3S. The monoisotopic (exact) mass is 685 g/mol. The lowest BCUT2D eigenvalue weighted by Crippen LogP contribution is -2.41. The van der Waals surface area contributed by atoms with Crippen molar-refractivity contribution in [1.29, 1.82) is 0 Å². The van der Waals surface area contributed by atoms with Gasteiger partial charge in [-0.05, 0) is 102 Å². The Morgan fingerprint density at radius 2 is 1.69 bits per heavy atom. The number of anilines is 3. The highest BCUT2D eigenvalue weighted by Crippen LogP contribution is 2.31. The van der Waals surface area contributed by atoms with Gasteiger partial charge in [0.05, 0.1) is 6.26 Å². The van der Waals surface area contributed by atoms with E-state index in [4.69, 9.17) is 9.97 Å². The molecule has 0 bridgehead atoms. The first-order valence-electron chi connectivity index (χ1n) is 17.5. The Balaban J connectivity index is 1.20. The standard InChI is InChI=1S/C36H47N9O3S/c1-42-18-4-5-26(24-42)33-11-6-25(22-38-33)32-21-27-23-39-36(40-28-7-9-29(10-8-28)43(2)30-12-16-37-17-13-30)41-34(27)45(35(32)46)31-14-19-44(20-15-31)49(3,47)48/h6-11,21-23,26,30-31,37H,4-5,12-20,24H2,1-3H3,(H,39,40,41). The van der Waals surface area contributed by atoms with Gasteiger partial charge in [0.2, 0.25) is 16.0 Å². The number of fused-ring (bicyclic) bond motifs is 1. The number of rotatable bonds is 8. The third-order valence-corrected chi connectivity index (χ3v) is 11.9. The second-order valence-electron chi connectivity index (χ2n) is 13.9. The van der Waals surface area contributed by atoms with Crippen LogP contribution in [-0.4, -0.2) is 103 Å². The van der Waals surface area contributed by atoms with Crippen LogP contribution in [0, 0.1) is 0 Å². The first-order valence-corrected chi connectivity index (χ1v) is 19.3. The van der Waals surface area contributed by atoms with Crippen LogP contribution in [-0.2, 0) is 10.0 Å². The fourth-order valence-corrected chi connectivity index (χ4v) is 8.56. The highest BCUT2D eigenvalue weighted by Gasteiger charge is 2.29. The predicted octanol–water partition coefficient (Wildman–Crippen LogP) is 4.19. The quantitative estimate of drug-likeness (QED) is 0.279. The van der Waals surface area contributed by atoms with E-state index in [0.717, 1.165) is 79.9 Å². The maximum absolute atomic E-state index is 14.4. The summed E-state index contributed by atoms with van der Waals surface area (Å²) in [5.74, 6) is 0.775. The third-order valence-electron chi connectivity index (χ3n) is 10.6. The number of hydrogen-bond acceptors (Lipinski definition) is 10. The summed E-state index contributed by atoms with van der Waals surface area (Å²) in [6, 6.07) is 14.5. The molecule has 3 aromatic heterocycles. The molecule has 1 atom stereocenters. The topological polar surface area (TPSA) is 129 Å². The maximum Gasteiger partial charge on any atom is 0.260 e. The SMILES string of the molecule is CN1CCCC(c2ccc(-c3cc4cnc(Nc5ccc(N(C)C6CCNCC6)cc5)nc4n(C4CCN(S(C)(=O)=O)CC4)c3=O)cn2)C1. The van der Waals surface area contributed by atoms with Crippen molar-refractivity contribution < 1.29 is 8.42 Å². The van der Waals surface area contributed by atoms with Gasteiger partial charge in [0.25, 0.3) is 5.56 Å². The highest BCUT2D eigenvalue weighted by atomic mass is 32.2. The van der Waals surface area contributed by atoms with Crippen LogP contribution in [0.25, 0.3) is 22.2 Å². The Hall–Kier alpha value is -3.91. The van der Waals surface area contributed by atoms with E-state index < -0.39 is 10.0 Å². The van der Waals surface area contributed by atoms with Gasteiger partial charge in [-0.2, -0.15) is 4.98 Å². The molecule has 0 saturated carbocycles. The zero-order valence-corrected chi connectivity index (χ0v) is 29.5. The number of piperidine rings is 3. The van der Waals surface area contributed by atoms with Gasteiger partial charge >= 0.3 is 0 Å². The summed E-state index contributed by atoms with van der Waals surface area (Å²) in [4.78, 5) is 33.5. The second kappa shape index (κ2) is 14.1. The number of benzene rings is 1. The fraction of sp³-hybridized carbons (Fsp3) is 0.500. The Labute approximate surface area is 288 Å². The predicted molar refractivity (Wildman–Crippen MR) is 195 cm³/mol. The number of nitrogens with zero attached hydrogens (tertiary/aromatic N) is 7. The molecule has 0 aliphatic carbocycles. The van der Waals surface area contributed by atoms with Crippen LogP contribution in [0.4, 0.5) is 17.3 Å².